The van der Waals surface area contributed by atoms with Crippen LogP contribution < -0.4 is 10.6 Å². The molecule has 1 saturated heterocycles. The van der Waals surface area contributed by atoms with E-state index in [0.29, 0.717) is 31.2 Å². The second kappa shape index (κ2) is 9.02. The normalized spacial score (nSPS) is 19.9. The van der Waals surface area contributed by atoms with Crippen LogP contribution in [0.15, 0.2) is 17.2 Å². The summed E-state index contributed by atoms with van der Waals surface area (Å²) >= 11 is 0. The number of hydrogen-bond acceptors (Lipinski definition) is 4. The molecule has 1 amide bonds. The van der Waals surface area contributed by atoms with E-state index in [4.69, 9.17) is 0 Å². The van der Waals surface area contributed by atoms with Crippen LogP contribution in [0.25, 0.3) is 0 Å². The maximum Gasteiger partial charge on any atom is 0.267 e. The van der Waals surface area contributed by atoms with Gasteiger partial charge in [0.15, 0.2) is 0 Å². The number of nitrogens with zero attached hydrogens (tertiary/aromatic N) is 2. The van der Waals surface area contributed by atoms with Crippen LogP contribution in [0.3, 0.4) is 0 Å². The molecule has 0 aromatic carbocycles. The van der Waals surface area contributed by atoms with Gasteiger partial charge in [0, 0.05) is 38.9 Å². The zero-order valence-electron chi connectivity index (χ0n) is 15.3. The molecule has 25 heavy (non-hydrogen) atoms. The third-order valence-corrected chi connectivity index (χ3v) is 6.36. The highest BCUT2D eigenvalue weighted by Gasteiger charge is 2.30. The highest BCUT2D eigenvalue weighted by Crippen LogP contribution is 2.24. The standard InChI is InChI=1S/C16H28N4O3S.ClH/c1-12-6-5-7-20(10-12)24(22,23)14-8-15(19(4)11-14)16(21)18-9-13(2)17-3;/h8,11-13,17H,5-7,9-10H2,1-4H3,(H,18,21);1H. The van der Waals surface area contributed by atoms with Crippen LogP contribution >= 0.6 is 12.4 Å². The summed E-state index contributed by atoms with van der Waals surface area (Å²) in [6.07, 6.45) is 3.45. The molecule has 2 rings (SSSR count). The van der Waals surface area contributed by atoms with Crippen molar-refractivity contribution in [3.8, 4) is 0 Å². The number of carbonyl (C=O) groups is 1. The van der Waals surface area contributed by atoms with Gasteiger partial charge in [-0.25, -0.2) is 8.42 Å². The minimum atomic E-state index is -3.55. The van der Waals surface area contributed by atoms with Gasteiger partial charge < -0.3 is 15.2 Å². The number of rotatable bonds is 6. The molecule has 0 saturated carbocycles. The summed E-state index contributed by atoms with van der Waals surface area (Å²) in [5, 5.41) is 5.85. The second-order valence-corrected chi connectivity index (χ2v) is 8.62. The number of sulfonamides is 1. The van der Waals surface area contributed by atoms with Crippen LogP contribution in [-0.4, -0.2) is 55.9 Å². The second-order valence-electron chi connectivity index (χ2n) is 6.68. The molecule has 1 aliphatic heterocycles. The molecule has 1 aromatic rings. The highest BCUT2D eigenvalue weighted by atomic mass is 35.5. The third kappa shape index (κ3) is 5.20. The average molecular weight is 393 g/mol. The Bertz CT molecular complexity index is 690. The summed E-state index contributed by atoms with van der Waals surface area (Å²) in [5.41, 5.74) is 0.349. The van der Waals surface area contributed by atoms with Gasteiger partial charge in [0.2, 0.25) is 10.0 Å². The number of hydrogen-bond donors (Lipinski definition) is 2. The van der Waals surface area contributed by atoms with Gasteiger partial charge in [-0.05, 0) is 38.8 Å². The van der Waals surface area contributed by atoms with E-state index in [1.165, 1.54) is 16.6 Å². The molecule has 0 bridgehead atoms. The molecule has 0 spiro atoms. The van der Waals surface area contributed by atoms with Crippen LogP contribution in [0.2, 0.25) is 0 Å². The van der Waals surface area contributed by atoms with Gasteiger partial charge in [0.05, 0.1) is 0 Å². The van der Waals surface area contributed by atoms with E-state index in [0.717, 1.165) is 12.8 Å². The van der Waals surface area contributed by atoms with E-state index >= 15 is 0 Å². The number of aryl methyl sites for hydroxylation is 1. The molecule has 2 heterocycles. The molecule has 7 nitrogen and oxygen atoms in total. The van der Waals surface area contributed by atoms with E-state index in [2.05, 4.69) is 17.6 Å². The van der Waals surface area contributed by atoms with Crippen molar-refractivity contribution in [2.75, 3.05) is 26.7 Å². The molecule has 9 heteroatoms. The fraction of sp³-hybridized carbons (Fsp3) is 0.688. The number of piperidine rings is 1. The SMILES string of the molecule is CNC(C)CNC(=O)c1cc(S(=O)(=O)N2CCCC(C)C2)cn1C.Cl. The van der Waals surface area contributed by atoms with Crippen molar-refractivity contribution in [1.82, 2.24) is 19.5 Å². The van der Waals surface area contributed by atoms with E-state index in [9.17, 15) is 13.2 Å². The first-order valence-corrected chi connectivity index (χ1v) is 9.81. The molecule has 1 fully saturated rings. The number of halogens is 1. The van der Waals surface area contributed by atoms with Crippen molar-refractivity contribution >= 4 is 28.3 Å². The van der Waals surface area contributed by atoms with Crippen LogP contribution in [0.5, 0.6) is 0 Å². The first-order valence-electron chi connectivity index (χ1n) is 8.37. The predicted octanol–water partition coefficient (Wildman–Crippen LogP) is 1.21. The fourth-order valence-corrected chi connectivity index (χ4v) is 4.52. The van der Waals surface area contributed by atoms with Crippen molar-refractivity contribution in [2.45, 2.75) is 37.6 Å². The Morgan fingerprint density at radius 1 is 1.44 bits per heavy atom. The lowest BCUT2D eigenvalue weighted by molar-refractivity contribution is 0.0942. The Morgan fingerprint density at radius 2 is 2.12 bits per heavy atom. The molecule has 144 valence electrons. The summed E-state index contributed by atoms with van der Waals surface area (Å²) in [6.45, 7) is 5.58. The average Bonchev–Trinajstić information content (AvgIpc) is 2.95. The Morgan fingerprint density at radius 3 is 2.72 bits per heavy atom. The van der Waals surface area contributed by atoms with Crippen molar-refractivity contribution in [3.63, 3.8) is 0 Å². The van der Waals surface area contributed by atoms with Crippen molar-refractivity contribution in [1.29, 1.82) is 0 Å². The number of nitrogens with one attached hydrogen (secondary N) is 2. The molecular weight excluding hydrogens is 364 g/mol. The van der Waals surface area contributed by atoms with Crippen LogP contribution in [-0.2, 0) is 17.1 Å². The van der Waals surface area contributed by atoms with E-state index in [1.807, 2.05) is 14.0 Å². The molecule has 0 radical (unpaired) electrons. The van der Waals surface area contributed by atoms with Gasteiger partial charge in [-0.3, -0.25) is 4.79 Å². The van der Waals surface area contributed by atoms with Gasteiger partial charge in [0.1, 0.15) is 10.6 Å². The topological polar surface area (TPSA) is 83.4 Å². The van der Waals surface area contributed by atoms with Crippen molar-refractivity contribution in [3.05, 3.63) is 18.0 Å². The fourth-order valence-electron chi connectivity index (χ4n) is 2.85. The van der Waals surface area contributed by atoms with Gasteiger partial charge in [-0.1, -0.05) is 6.92 Å². The van der Waals surface area contributed by atoms with Gasteiger partial charge in [-0.2, -0.15) is 4.31 Å². The number of amides is 1. The monoisotopic (exact) mass is 392 g/mol. The van der Waals surface area contributed by atoms with Crippen LogP contribution in [0.4, 0.5) is 0 Å². The molecule has 2 atom stereocenters. The van der Waals surface area contributed by atoms with E-state index in [-0.39, 0.29) is 29.3 Å². The molecular formula is C16H29ClN4O3S. The lowest BCUT2D eigenvalue weighted by Gasteiger charge is -2.29. The molecule has 1 aromatic heterocycles. The minimum Gasteiger partial charge on any atom is -0.349 e. The Kier molecular flexibility index (Phi) is 7.92. The molecule has 2 N–H and O–H groups in total. The predicted molar refractivity (Wildman–Crippen MR) is 101 cm³/mol. The summed E-state index contributed by atoms with van der Waals surface area (Å²) in [4.78, 5) is 12.5. The van der Waals surface area contributed by atoms with Gasteiger partial charge in [0.25, 0.3) is 5.91 Å². The lowest BCUT2D eigenvalue weighted by atomic mass is 10.0. The zero-order chi connectivity index (χ0) is 17.9. The molecule has 2 unspecified atom stereocenters. The first kappa shape index (κ1) is 22.0. The third-order valence-electron chi connectivity index (χ3n) is 4.53. The van der Waals surface area contributed by atoms with Crippen molar-refractivity contribution < 1.29 is 13.2 Å². The minimum absolute atomic E-state index is 0. The van der Waals surface area contributed by atoms with Gasteiger partial charge >= 0.3 is 0 Å². The lowest BCUT2D eigenvalue weighted by Crippen LogP contribution is -2.39. The maximum absolute atomic E-state index is 12.8. The summed E-state index contributed by atoms with van der Waals surface area (Å²) in [7, 11) is -0.0341. The zero-order valence-corrected chi connectivity index (χ0v) is 16.9. The summed E-state index contributed by atoms with van der Waals surface area (Å²) in [5.74, 6) is 0.0936. The number of carbonyl (C=O) groups excluding carboxylic acids is 1. The molecule has 1 aliphatic rings. The maximum atomic E-state index is 12.8. The van der Waals surface area contributed by atoms with Gasteiger partial charge in [-0.15, -0.1) is 12.4 Å². The highest BCUT2D eigenvalue weighted by molar-refractivity contribution is 7.89. The van der Waals surface area contributed by atoms with E-state index in [1.54, 1.807) is 11.6 Å². The smallest absolute Gasteiger partial charge is 0.267 e. The van der Waals surface area contributed by atoms with Crippen molar-refractivity contribution in [2.24, 2.45) is 13.0 Å². The van der Waals surface area contributed by atoms with E-state index < -0.39 is 10.0 Å². The van der Waals surface area contributed by atoms with Crippen LogP contribution in [0.1, 0.15) is 37.2 Å². The first-order chi connectivity index (χ1) is 11.3. The number of likely N-dealkylation sites (N-methyl/N-ethyl adjacent to an activating group) is 1. The Labute approximate surface area is 156 Å². The Balaban J connectivity index is 0.00000312. The largest absolute Gasteiger partial charge is 0.349 e. The summed E-state index contributed by atoms with van der Waals surface area (Å²) in [6, 6.07) is 1.61. The molecule has 0 aliphatic carbocycles. The summed E-state index contributed by atoms with van der Waals surface area (Å²) < 4.78 is 28.7. The van der Waals surface area contributed by atoms with Crippen LogP contribution in [0, 0.1) is 5.92 Å². The quantitative estimate of drug-likeness (QED) is 0.762. The Hall–Kier alpha value is -1.09. The number of aromatic nitrogens is 1.